The van der Waals surface area contributed by atoms with E-state index in [2.05, 4.69) is 5.10 Å². The van der Waals surface area contributed by atoms with Crippen molar-refractivity contribution in [3.63, 3.8) is 0 Å². The summed E-state index contributed by atoms with van der Waals surface area (Å²) in [4.78, 5) is 21.2. The van der Waals surface area contributed by atoms with E-state index >= 15 is 0 Å². The number of nitro benzene ring substituents is 1. The van der Waals surface area contributed by atoms with Gasteiger partial charge >= 0.3 is 0 Å². The fourth-order valence-corrected chi connectivity index (χ4v) is 1.73. The summed E-state index contributed by atoms with van der Waals surface area (Å²) in [6, 6.07) is 6.44. The molecule has 19 heavy (non-hydrogen) atoms. The van der Waals surface area contributed by atoms with Crippen LogP contribution in [0, 0.1) is 10.1 Å². The van der Waals surface area contributed by atoms with Crippen LogP contribution in [0.3, 0.4) is 0 Å². The first-order valence-corrected chi connectivity index (χ1v) is 5.62. The van der Waals surface area contributed by atoms with Crippen LogP contribution in [0.15, 0.2) is 36.7 Å². The predicted molar refractivity (Wildman–Crippen MR) is 68.1 cm³/mol. The molecule has 1 heterocycles. The molecular weight excluding hydrogens is 248 g/mol. The first kappa shape index (κ1) is 12.7. The first-order chi connectivity index (χ1) is 9.08. The van der Waals surface area contributed by atoms with Gasteiger partial charge in [0.15, 0.2) is 0 Å². The topological polar surface area (TPSA) is 104 Å². The second-order valence-electron chi connectivity index (χ2n) is 3.98. The van der Waals surface area contributed by atoms with Gasteiger partial charge in [-0.3, -0.25) is 19.6 Å². The minimum absolute atomic E-state index is 0.0250. The molecule has 0 fully saturated rings. The Morgan fingerprint density at radius 2 is 2.16 bits per heavy atom. The van der Waals surface area contributed by atoms with E-state index < -0.39 is 10.8 Å². The smallest absolute Gasteiger partial charge is 0.277 e. The number of nitrogens with two attached hydrogens (primary N) is 1. The summed E-state index contributed by atoms with van der Waals surface area (Å²) >= 11 is 0. The van der Waals surface area contributed by atoms with Crippen LogP contribution in [0.25, 0.3) is 11.1 Å². The maximum absolute atomic E-state index is 10.9. The Labute approximate surface area is 108 Å². The molecule has 0 saturated heterocycles. The lowest BCUT2D eigenvalue weighted by atomic mass is 10.1. The van der Waals surface area contributed by atoms with Crippen molar-refractivity contribution in [2.45, 2.75) is 13.0 Å². The Kier molecular flexibility index (Phi) is 3.56. The number of nitro groups is 1. The van der Waals surface area contributed by atoms with E-state index in [1.54, 1.807) is 24.4 Å². The third-order valence-corrected chi connectivity index (χ3v) is 2.63. The number of aromatic nitrogens is 2. The van der Waals surface area contributed by atoms with E-state index in [9.17, 15) is 14.9 Å². The van der Waals surface area contributed by atoms with Crippen LogP contribution in [0.1, 0.15) is 6.42 Å². The summed E-state index contributed by atoms with van der Waals surface area (Å²) in [6.45, 7) is 0.357. The van der Waals surface area contributed by atoms with Crippen molar-refractivity contribution >= 4 is 11.6 Å². The molecular formula is C12H12N4O3. The average Bonchev–Trinajstić information content (AvgIpc) is 2.85. The van der Waals surface area contributed by atoms with E-state index in [0.29, 0.717) is 17.7 Å². The fourth-order valence-electron chi connectivity index (χ4n) is 1.73. The maximum Gasteiger partial charge on any atom is 0.277 e. The number of aryl methyl sites for hydroxylation is 1. The SMILES string of the molecule is NC(=O)CCn1cc(-c2ccccc2[N+](=O)[O-])cn1. The summed E-state index contributed by atoms with van der Waals surface area (Å²) in [6.07, 6.45) is 3.37. The average molecular weight is 260 g/mol. The number of carbonyl (C=O) groups is 1. The highest BCUT2D eigenvalue weighted by molar-refractivity contribution is 5.74. The Morgan fingerprint density at radius 3 is 2.84 bits per heavy atom. The number of benzene rings is 1. The summed E-state index contributed by atoms with van der Waals surface area (Å²) < 4.78 is 1.54. The lowest BCUT2D eigenvalue weighted by molar-refractivity contribution is -0.384. The summed E-state index contributed by atoms with van der Waals surface area (Å²) in [5, 5.41) is 15.0. The van der Waals surface area contributed by atoms with Crippen molar-refractivity contribution in [3.8, 4) is 11.1 Å². The van der Waals surface area contributed by atoms with E-state index in [1.165, 1.54) is 16.9 Å². The second kappa shape index (κ2) is 5.30. The molecule has 0 spiro atoms. The maximum atomic E-state index is 10.9. The minimum Gasteiger partial charge on any atom is -0.370 e. The van der Waals surface area contributed by atoms with Crippen molar-refractivity contribution in [2.24, 2.45) is 5.73 Å². The molecule has 2 aromatic rings. The molecule has 7 nitrogen and oxygen atoms in total. The van der Waals surface area contributed by atoms with Crippen LogP contribution in [-0.2, 0) is 11.3 Å². The lowest BCUT2D eigenvalue weighted by Crippen LogP contribution is -2.13. The van der Waals surface area contributed by atoms with Crippen molar-refractivity contribution in [1.82, 2.24) is 9.78 Å². The zero-order chi connectivity index (χ0) is 13.8. The van der Waals surface area contributed by atoms with Crippen molar-refractivity contribution in [1.29, 1.82) is 0 Å². The van der Waals surface area contributed by atoms with Crippen LogP contribution in [0.2, 0.25) is 0 Å². The van der Waals surface area contributed by atoms with Crippen LogP contribution < -0.4 is 5.73 Å². The Balaban J connectivity index is 2.28. The van der Waals surface area contributed by atoms with E-state index in [-0.39, 0.29) is 12.1 Å². The largest absolute Gasteiger partial charge is 0.370 e. The minimum atomic E-state index is -0.434. The number of primary amides is 1. The number of nitrogens with zero attached hydrogens (tertiary/aromatic N) is 3. The number of hydrogen-bond acceptors (Lipinski definition) is 4. The Bertz CT molecular complexity index is 621. The van der Waals surface area contributed by atoms with Gasteiger partial charge in [-0.15, -0.1) is 0 Å². The van der Waals surface area contributed by atoms with Crippen molar-refractivity contribution < 1.29 is 9.72 Å². The van der Waals surface area contributed by atoms with Crippen molar-refractivity contribution in [2.75, 3.05) is 0 Å². The molecule has 0 saturated carbocycles. The van der Waals surface area contributed by atoms with Gasteiger partial charge in [-0.2, -0.15) is 5.10 Å². The number of hydrogen-bond donors (Lipinski definition) is 1. The summed E-state index contributed by atoms with van der Waals surface area (Å²) in [5.74, 6) is -0.414. The molecule has 0 atom stereocenters. The monoisotopic (exact) mass is 260 g/mol. The summed E-state index contributed by atoms with van der Waals surface area (Å²) in [7, 11) is 0. The lowest BCUT2D eigenvalue weighted by Gasteiger charge is -1.99. The second-order valence-corrected chi connectivity index (χ2v) is 3.98. The van der Waals surface area contributed by atoms with Crippen LogP contribution in [0.4, 0.5) is 5.69 Å². The van der Waals surface area contributed by atoms with Gasteiger partial charge < -0.3 is 5.73 Å². The zero-order valence-electron chi connectivity index (χ0n) is 10.0. The van der Waals surface area contributed by atoms with E-state index in [0.717, 1.165) is 0 Å². The highest BCUT2D eigenvalue weighted by atomic mass is 16.6. The van der Waals surface area contributed by atoms with Gasteiger partial charge in [-0.05, 0) is 6.07 Å². The normalized spacial score (nSPS) is 10.3. The van der Waals surface area contributed by atoms with E-state index in [1.807, 2.05) is 0 Å². The van der Waals surface area contributed by atoms with Gasteiger partial charge in [0.05, 0.1) is 16.7 Å². The molecule has 2 rings (SSSR count). The zero-order valence-corrected chi connectivity index (χ0v) is 10.0. The number of rotatable bonds is 5. The molecule has 0 bridgehead atoms. The Hall–Kier alpha value is -2.70. The highest BCUT2D eigenvalue weighted by Crippen LogP contribution is 2.28. The number of carbonyl (C=O) groups excluding carboxylic acids is 1. The van der Waals surface area contributed by atoms with Crippen LogP contribution in [0.5, 0.6) is 0 Å². The standard InChI is InChI=1S/C12H12N4O3/c13-12(17)5-6-15-8-9(7-14-15)10-3-1-2-4-11(10)16(18)19/h1-4,7-8H,5-6H2,(H2,13,17). The molecule has 2 N–H and O–H groups in total. The molecule has 7 heteroatoms. The van der Waals surface area contributed by atoms with Gasteiger partial charge in [0.25, 0.3) is 5.69 Å². The molecule has 0 unspecified atom stereocenters. The quantitative estimate of drug-likeness (QED) is 0.646. The van der Waals surface area contributed by atoms with Gasteiger partial charge in [0.2, 0.25) is 5.91 Å². The van der Waals surface area contributed by atoms with Gasteiger partial charge in [-0.25, -0.2) is 0 Å². The number of para-hydroxylation sites is 1. The molecule has 1 amide bonds. The fraction of sp³-hybridized carbons (Fsp3) is 0.167. The molecule has 1 aromatic carbocycles. The van der Waals surface area contributed by atoms with Gasteiger partial charge in [0, 0.05) is 30.8 Å². The first-order valence-electron chi connectivity index (χ1n) is 5.62. The molecule has 0 aliphatic heterocycles. The molecule has 0 radical (unpaired) electrons. The Morgan fingerprint density at radius 1 is 1.42 bits per heavy atom. The van der Waals surface area contributed by atoms with Crippen LogP contribution in [-0.4, -0.2) is 20.6 Å². The third-order valence-electron chi connectivity index (χ3n) is 2.63. The van der Waals surface area contributed by atoms with E-state index in [4.69, 9.17) is 5.73 Å². The highest BCUT2D eigenvalue weighted by Gasteiger charge is 2.15. The number of amides is 1. The van der Waals surface area contributed by atoms with Gasteiger partial charge in [-0.1, -0.05) is 12.1 Å². The molecule has 1 aromatic heterocycles. The van der Waals surface area contributed by atoms with Gasteiger partial charge in [0.1, 0.15) is 0 Å². The third kappa shape index (κ3) is 2.95. The molecule has 0 aliphatic rings. The predicted octanol–water partition coefficient (Wildman–Crippen LogP) is 1.33. The van der Waals surface area contributed by atoms with Crippen LogP contribution >= 0.6 is 0 Å². The van der Waals surface area contributed by atoms with Crippen molar-refractivity contribution in [3.05, 3.63) is 46.8 Å². The molecule has 0 aliphatic carbocycles. The molecule has 98 valence electrons. The summed E-state index contributed by atoms with van der Waals surface area (Å²) in [5.41, 5.74) is 6.21.